The number of furan rings is 2. The summed E-state index contributed by atoms with van der Waals surface area (Å²) in [5, 5.41) is 4.52. The van der Waals surface area contributed by atoms with Gasteiger partial charge in [0.05, 0.1) is 5.41 Å². The fourth-order valence-corrected chi connectivity index (χ4v) is 7.80. The molecule has 2 heterocycles. The number of para-hydroxylation sites is 1. The fourth-order valence-electron chi connectivity index (χ4n) is 7.80. The third kappa shape index (κ3) is 3.34. The largest absolute Gasteiger partial charge is 0.456 e. The van der Waals surface area contributed by atoms with Gasteiger partial charge in [-0.2, -0.15) is 0 Å². The molecule has 0 bridgehead atoms. The summed E-state index contributed by atoms with van der Waals surface area (Å²) in [5.74, 6) is 0. The van der Waals surface area contributed by atoms with Crippen LogP contribution in [0.4, 0.5) is 0 Å². The molecular weight excluding hydrogens is 548 g/mol. The number of fused-ring (bicyclic) bond motifs is 9. The van der Waals surface area contributed by atoms with Crippen molar-refractivity contribution in [3.05, 3.63) is 180 Å². The molecule has 0 radical (unpaired) electrons. The molecular formula is C43H26O2. The van der Waals surface area contributed by atoms with Gasteiger partial charge in [-0.15, -0.1) is 0 Å². The van der Waals surface area contributed by atoms with Crippen LogP contribution in [-0.2, 0) is 5.41 Å². The van der Waals surface area contributed by atoms with E-state index >= 15 is 0 Å². The van der Waals surface area contributed by atoms with Crippen molar-refractivity contribution in [2.24, 2.45) is 0 Å². The summed E-state index contributed by atoms with van der Waals surface area (Å²) >= 11 is 0. The van der Waals surface area contributed by atoms with Gasteiger partial charge in [-0.25, -0.2) is 0 Å². The van der Waals surface area contributed by atoms with Crippen LogP contribution in [0.5, 0.6) is 0 Å². The summed E-state index contributed by atoms with van der Waals surface area (Å²) in [6.45, 7) is 0. The Kier molecular flexibility index (Phi) is 4.95. The van der Waals surface area contributed by atoms with Gasteiger partial charge in [-0.1, -0.05) is 115 Å². The lowest BCUT2D eigenvalue weighted by Crippen LogP contribution is -2.28. The molecule has 0 fully saturated rings. The van der Waals surface area contributed by atoms with Gasteiger partial charge in [0.2, 0.25) is 0 Å². The van der Waals surface area contributed by atoms with Gasteiger partial charge in [0, 0.05) is 21.5 Å². The summed E-state index contributed by atoms with van der Waals surface area (Å²) in [6.07, 6.45) is 0. The van der Waals surface area contributed by atoms with E-state index < -0.39 is 5.41 Å². The maximum atomic E-state index is 6.62. The van der Waals surface area contributed by atoms with E-state index in [1.807, 2.05) is 12.1 Å². The molecule has 45 heavy (non-hydrogen) atoms. The van der Waals surface area contributed by atoms with Gasteiger partial charge in [0.1, 0.15) is 22.3 Å². The molecule has 0 atom stereocenters. The number of hydrogen-bond acceptors (Lipinski definition) is 2. The predicted molar refractivity (Wildman–Crippen MR) is 184 cm³/mol. The number of rotatable bonds is 3. The Morgan fingerprint density at radius 2 is 0.911 bits per heavy atom. The summed E-state index contributed by atoms with van der Waals surface area (Å²) in [4.78, 5) is 0. The highest BCUT2D eigenvalue weighted by molar-refractivity contribution is 6.10. The van der Waals surface area contributed by atoms with Gasteiger partial charge in [-0.3, -0.25) is 0 Å². The minimum atomic E-state index is -0.450. The SMILES string of the molecule is c1ccc(C2(c3ccccc3)c3ccccc3-c3cc4c(cc32)oc2ccc(-c3ccc5c(c3)oc3ccccc35)cc24)cc1. The Hall–Kier alpha value is -5.86. The van der Waals surface area contributed by atoms with Gasteiger partial charge in [0.15, 0.2) is 0 Å². The summed E-state index contributed by atoms with van der Waals surface area (Å²) in [6, 6.07) is 56.6. The van der Waals surface area contributed by atoms with Crippen LogP contribution >= 0.6 is 0 Å². The quantitative estimate of drug-likeness (QED) is 0.210. The zero-order valence-electron chi connectivity index (χ0n) is 24.3. The monoisotopic (exact) mass is 574 g/mol. The molecule has 210 valence electrons. The summed E-state index contributed by atoms with van der Waals surface area (Å²) in [7, 11) is 0. The molecule has 2 aromatic heterocycles. The predicted octanol–water partition coefficient (Wildman–Crippen LogP) is 11.5. The minimum absolute atomic E-state index is 0.450. The van der Waals surface area contributed by atoms with E-state index in [4.69, 9.17) is 8.83 Å². The molecule has 0 spiro atoms. The smallest absolute Gasteiger partial charge is 0.136 e. The Bertz CT molecular complexity index is 2550. The van der Waals surface area contributed by atoms with Crippen molar-refractivity contribution in [3.63, 3.8) is 0 Å². The van der Waals surface area contributed by atoms with Crippen molar-refractivity contribution < 1.29 is 8.83 Å². The zero-order valence-corrected chi connectivity index (χ0v) is 24.3. The zero-order chi connectivity index (χ0) is 29.5. The first-order valence-electron chi connectivity index (χ1n) is 15.4. The molecule has 1 aliphatic rings. The van der Waals surface area contributed by atoms with Crippen LogP contribution in [0, 0.1) is 0 Å². The van der Waals surface area contributed by atoms with Gasteiger partial charge in [-0.05, 0) is 87.0 Å². The first-order valence-corrected chi connectivity index (χ1v) is 15.4. The highest BCUT2D eigenvalue weighted by Gasteiger charge is 2.46. The average Bonchev–Trinajstić information content (AvgIpc) is 3.75. The van der Waals surface area contributed by atoms with Crippen molar-refractivity contribution in [1.82, 2.24) is 0 Å². The molecule has 10 rings (SSSR count). The maximum Gasteiger partial charge on any atom is 0.136 e. The van der Waals surface area contributed by atoms with E-state index in [1.54, 1.807) is 0 Å². The average molecular weight is 575 g/mol. The number of hydrogen-bond donors (Lipinski definition) is 0. The second-order valence-electron chi connectivity index (χ2n) is 12.0. The first-order chi connectivity index (χ1) is 22.3. The Morgan fingerprint density at radius 1 is 0.333 bits per heavy atom. The molecule has 0 saturated heterocycles. The molecule has 0 amide bonds. The van der Waals surface area contributed by atoms with Crippen molar-refractivity contribution in [1.29, 1.82) is 0 Å². The van der Waals surface area contributed by atoms with Crippen LogP contribution in [0.25, 0.3) is 66.1 Å². The molecule has 0 aliphatic heterocycles. The van der Waals surface area contributed by atoms with E-state index in [-0.39, 0.29) is 0 Å². The first kappa shape index (κ1) is 24.6. The fraction of sp³-hybridized carbons (Fsp3) is 0.0233. The van der Waals surface area contributed by atoms with Crippen LogP contribution in [0.15, 0.2) is 167 Å². The Labute approximate surface area is 259 Å². The Balaban J connectivity index is 1.22. The molecule has 1 aliphatic carbocycles. The normalized spacial score (nSPS) is 13.5. The van der Waals surface area contributed by atoms with E-state index in [1.165, 1.54) is 33.4 Å². The third-order valence-corrected chi connectivity index (χ3v) is 9.76. The molecule has 9 aromatic rings. The lowest BCUT2D eigenvalue weighted by atomic mass is 9.67. The van der Waals surface area contributed by atoms with Crippen molar-refractivity contribution in [2.75, 3.05) is 0 Å². The molecule has 0 saturated carbocycles. The van der Waals surface area contributed by atoms with Crippen LogP contribution in [-0.4, -0.2) is 0 Å². The van der Waals surface area contributed by atoms with Crippen LogP contribution in [0.2, 0.25) is 0 Å². The molecule has 2 heteroatoms. The Morgan fingerprint density at radius 3 is 1.71 bits per heavy atom. The lowest BCUT2D eigenvalue weighted by molar-refractivity contribution is 0.666. The van der Waals surface area contributed by atoms with Gasteiger partial charge in [0.25, 0.3) is 0 Å². The van der Waals surface area contributed by atoms with E-state index in [2.05, 4.69) is 146 Å². The van der Waals surface area contributed by atoms with Crippen molar-refractivity contribution >= 4 is 43.9 Å². The minimum Gasteiger partial charge on any atom is -0.456 e. The highest BCUT2D eigenvalue weighted by atomic mass is 16.3. The van der Waals surface area contributed by atoms with Crippen LogP contribution in [0.1, 0.15) is 22.3 Å². The van der Waals surface area contributed by atoms with Crippen LogP contribution in [0.3, 0.4) is 0 Å². The third-order valence-electron chi connectivity index (χ3n) is 9.76. The maximum absolute atomic E-state index is 6.62. The summed E-state index contributed by atoms with van der Waals surface area (Å²) < 4.78 is 12.8. The standard InChI is InChI=1S/C43H26O2/c1-3-11-29(12-4-1)43(30-13-5-2-6-14-30)37-17-9-7-15-31(37)34-25-36-35-23-27(20-22-40(35)45-42(36)26-38(34)43)28-19-21-33-32-16-8-10-18-39(32)44-41(33)24-28/h1-26H. The topological polar surface area (TPSA) is 26.3 Å². The molecule has 0 unspecified atom stereocenters. The lowest BCUT2D eigenvalue weighted by Gasteiger charge is -2.33. The van der Waals surface area contributed by atoms with E-state index in [9.17, 15) is 0 Å². The molecule has 7 aromatic carbocycles. The summed E-state index contributed by atoms with van der Waals surface area (Å²) in [5.41, 5.74) is 13.0. The van der Waals surface area contributed by atoms with E-state index in [0.717, 1.165) is 55.0 Å². The molecule has 0 N–H and O–H groups in total. The van der Waals surface area contributed by atoms with Crippen molar-refractivity contribution in [2.45, 2.75) is 5.41 Å². The van der Waals surface area contributed by atoms with Gasteiger partial charge < -0.3 is 8.83 Å². The van der Waals surface area contributed by atoms with Crippen LogP contribution < -0.4 is 0 Å². The number of benzene rings is 7. The highest BCUT2D eigenvalue weighted by Crippen LogP contribution is 2.57. The van der Waals surface area contributed by atoms with Crippen molar-refractivity contribution in [3.8, 4) is 22.3 Å². The van der Waals surface area contributed by atoms with Gasteiger partial charge >= 0.3 is 0 Å². The molecule has 2 nitrogen and oxygen atoms in total. The second kappa shape index (κ2) is 9.07. The van der Waals surface area contributed by atoms with E-state index in [0.29, 0.717) is 0 Å². The second-order valence-corrected chi connectivity index (χ2v) is 12.0.